The standard InChI is InChI=1S/C18H18N4O/c1-2-14-8-10-16(11-9-14)19-18(23)17-13-22(21-20-17)12-15-6-4-3-5-7-15/h3-11,13H,2,12H2,1H3,(H,19,23). The van der Waals surface area contributed by atoms with Crippen LogP contribution in [0.1, 0.15) is 28.5 Å². The molecule has 0 unspecified atom stereocenters. The van der Waals surface area contributed by atoms with Crippen molar-refractivity contribution in [1.29, 1.82) is 0 Å². The average Bonchev–Trinajstić information content (AvgIpc) is 3.05. The van der Waals surface area contributed by atoms with Gasteiger partial charge in [0.15, 0.2) is 5.69 Å². The molecule has 0 aliphatic rings. The van der Waals surface area contributed by atoms with Crippen LogP contribution in [-0.4, -0.2) is 20.9 Å². The van der Waals surface area contributed by atoms with Crippen molar-refractivity contribution in [3.05, 3.63) is 77.6 Å². The molecule has 0 aliphatic heterocycles. The van der Waals surface area contributed by atoms with Gasteiger partial charge in [-0.1, -0.05) is 54.6 Å². The molecule has 0 saturated heterocycles. The van der Waals surface area contributed by atoms with Crippen LogP contribution in [0.3, 0.4) is 0 Å². The Morgan fingerprint density at radius 3 is 2.48 bits per heavy atom. The molecule has 23 heavy (non-hydrogen) atoms. The molecule has 1 N–H and O–H groups in total. The first-order valence-corrected chi connectivity index (χ1v) is 7.59. The van der Waals surface area contributed by atoms with Crippen LogP contribution in [0.5, 0.6) is 0 Å². The molecule has 0 aliphatic carbocycles. The van der Waals surface area contributed by atoms with Crippen LogP contribution in [0.15, 0.2) is 60.8 Å². The first-order chi connectivity index (χ1) is 11.2. The minimum absolute atomic E-state index is 0.256. The van der Waals surface area contributed by atoms with E-state index in [0.717, 1.165) is 17.7 Å². The Kier molecular flexibility index (Phi) is 4.47. The molecule has 3 aromatic rings. The van der Waals surface area contributed by atoms with Gasteiger partial charge in [0.25, 0.3) is 5.91 Å². The van der Waals surface area contributed by atoms with Crippen LogP contribution in [0.4, 0.5) is 5.69 Å². The molecule has 5 heteroatoms. The Hall–Kier alpha value is -2.95. The molecule has 1 heterocycles. The third kappa shape index (κ3) is 3.83. The highest BCUT2D eigenvalue weighted by atomic mass is 16.2. The minimum atomic E-state index is -0.256. The molecule has 1 amide bonds. The number of nitrogens with zero attached hydrogens (tertiary/aromatic N) is 3. The van der Waals surface area contributed by atoms with Crippen molar-refractivity contribution in [2.45, 2.75) is 19.9 Å². The molecule has 1 aromatic heterocycles. The average molecular weight is 306 g/mol. The summed E-state index contributed by atoms with van der Waals surface area (Å²) in [6.45, 7) is 2.69. The second-order valence-electron chi connectivity index (χ2n) is 5.29. The summed E-state index contributed by atoms with van der Waals surface area (Å²) in [6, 6.07) is 17.7. The second-order valence-corrected chi connectivity index (χ2v) is 5.29. The SMILES string of the molecule is CCc1ccc(NC(=O)c2cn(Cc3ccccc3)nn2)cc1. The normalized spacial score (nSPS) is 10.5. The molecule has 5 nitrogen and oxygen atoms in total. The topological polar surface area (TPSA) is 59.8 Å². The molecule has 0 radical (unpaired) electrons. The van der Waals surface area contributed by atoms with Crippen LogP contribution in [-0.2, 0) is 13.0 Å². The molecule has 2 aromatic carbocycles. The predicted octanol–water partition coefficient (Wildman–Crippen LogP) is 3.14. The van der Waals surface area contributed by atoms with Gasteiger partial charge in [-0.15, -0.1) is 5.10 Å². The zero-order chi connectivity index (χ0) is 16.1. The minimum Gasteiger partial charge on any atom is -0.321 e. The van der Waals surface area contributed by atoms with Gasteiger partial charge < -0.3 is 5.32 Å². The molecule has 3 rings (SSSR count). The highest BCUT2D eigenvalue weighted by Crippen LogP contribution is 2.11. The summed E-state index contributed by atoms with van der Waals surface area (Å²) < 4.78 is 1.66. The maximum atomic E-state index is 12.2. The number of hydrogen-bond donors (Lipinski definition) is 1. The number of benzene rings is 2. The van der Waals surface area contributed by atoms with Crippen molar-refractivity contribution < 1.29 is 4.79 Å². The third-order valence-electron chi connectivity index (χ3n) is 3.58. The summed E-state index contributed by atoms with van der Waals surface area (Å²) in [5.41, 5.74) is 3.40. The van der Waals surface area contributed by atoms with Gasteiger partial charge in [0, 0.05) is 5.69 Å². The van der Waals surface area contributed by atoms with Gasteiger partial charge in [-0.25, -0.2) is 4.68 Å². The van der Waals surface area contributed by atoms with E-state index in [0.29, 0.717) is 12.2 Å². The van der Waals surface area contributed by atoms with Crippen LogP contribution in [0.25, 0.3) is 0 Å². The Morgan fingerprint density at radius 2 is 1.78 bits per heavy atom. The molecule has 116 valence electrons. The van der Waals surface area contributed by atoms with E-state index >= 15 is 0 Å². The van der Waals surface area contributed by atoms with Gasteiger partial charge in [0.1, 0.15) is 0 Å². The summed E-state index contributed by atoms with van der Waals surface area (Å²) in [7, 11) is 0. The van der Waals surface area contributed by atoms with Crippen LogP contribution in [0, 0.1) is 0 Å². The summed E-state index contributed by atoms with van der Waals surface area (Å²) in [5, 5.41) is 10.8. The number of carbonyl (C=O) groups excluding carboxylic acids is 1. The molecule has 0 saturated carbocycles. The number of nitrogens with one attached hydrogen (secondary N) is 1. The summed E-state index contributed by atoms with van der Waals surface area (Å²) in [5.74, 6) is -0.256. The van der Waals surface area contributed by atoms with E-state index in [9.17, 15) is 4.79 Å². The zero-order valence-corrected chi connectivity index (χ0v) is 12.9. The fourth-order valence-electron chi connectivity index (χ4n) is 2.27. The van der Waals surface area contributed by atoms with E-state index in [1.807, 2.05) is 54.6 Å². The molecule has 0 fully saturated rings. The number of rotatable bonds is 5. The predicted molar refractivity (Wildman–Crippen MR) is 89.3 cm³/mol. The highest BCUT2D eigenvalue weighted by Gasteiger charge is 2.11. The van der Waals surface area contributed by atoms with Gasteiger partial charge in [0.05, 0.1) is 12.7 Å². The lowest BCUT2D eigenvalue weighted by Crippen LogP contribution is -2.12. The zero-order valence-electron chi connectivity index (χ0n) is 12.9. The fraction of sp³-hybridized carbons (Fsp3) is 0.167. The molecule has 0 bridgehead atoms. The lowest BCUT2D eigenvalue weighted by Gasteiger charge is -2.03. The first-order valence-electron chi connectivity index (χ1n) is 7.59. The smallest absolute Gasteiger partial charge is 0.277 e. The van der Waals surface area contributed by atoms with Gasteiger partial charge in [0.2, 0.25) is 0 Å². The van der Waals surface area contributed by atoms with Crippen molar-refractivity contribution in [3.63, 3.8) is 0 Å². The maximum Gasteiger partial charge on any atom is 0.277 e. The van der Waals surface area contributed by atoms with E-state index in [2.05, 4.69) is 22.6 Å². The summed E-state index contributed by atoms with van der Waals surface area (Å²) in [6.07, 6.45) is 2.63. The number of amides is 1. The number of aromatic nitrogens is 3. The second kappa shape index (κ2) is 6.87. The fourth-order valence-corrected chi connectivity index (χ4v) is 2.27. The van der Waals surface area contributed by atoms with E-state index in [-0.39, 0.29) is 5.91 Å². The third-order valence-corrected chi connectivity index (χ3v) is 3.58. The van der Waals surface area contributed by atoms with E-state index in [4.69, 9.17) is 0 Å². The number of aryl methyl sites for hydroxylation is 1. The Labute approximate surface area is 135 Å². The quantitative estimate of drug-likeness (QED) is 0.788. The molecule has 0 atom stereocenters. The Balaban J connectivity index is 1.66. The molecular weight excluding hydrogens is 288 g/mol. The number of carbonyl (C=O) groups is 1. The van der Waals surface area contributed by atoms with Crippen LogP contribution >= 0.6 is 0 Å². The lowest BCUT2D eigenvalue weighted by atomic mass is 10.1. The van der Waals surface area contributed by atoms with Gasteiger partial charge in [-0.2, -0.15) is 0 Å². The van der Waals surface area contributed by atoms with E-state index in [1.165, 1.54) is 5.56 Å². The first kappa shape index (κ1) is 15.0. The van der Waals surface area contributed by atoms with Crippen molar-refractivity contribution in [3.8, 4) is 0 Å². The Morgan fingerprint density at radius 1 is 1.04 bits per heavy atom. The van der Waals surface area contributed by atoms with E-state index in [1.54, 1.807) is 10.9 Å². The summed E-state index contributed by atoms with van der Waals surface area (Å²) >= 11 is 0. The number of anilines is 1. The van der Waals surface area contributed by atoms with Crippen LogP contribution in [0.2, 0.25) is 0 Å². The lowest BCUT2D eigenvalue weighted by molar-refractivity contribution is 0.102. The van der Waals surface area contributed by atoms with Crippen molar-refractivity contribution in [2.75, 3.05) is 5.32 Å². The Bertz CT molecular complexity index is 778. The van der Waals surface area contributed by atoms with Crippen molar-refractivity contribution in [1.82, 2.24) is 15.0 Å². The van der Waals surface area contributed by atoms with Gasteiger partial charge in [-0.05, 0) is 29.7 Å². The monoisotopic (exact) mass is 306 g/mol. The van der Waals surface area contributed by atoms with Crippen molar-refractivity contribution >= 4 is 11.6 Å². The largest absolute Gasteiger partial charge is 0.321 e. The van der Waals surface area contributed by atoms with Gasteiger partial charge in [-0.3, -0.25) is 4.79 Å². The van der Waals surface area contributed by atoms with Crippen molar-refractivity contribution in [2.24, 2.45) is 0 Å². The maximum absolute atomic E-state index is 12.2. The van der Waals surface area contributed by atoms with Gasteiger partial charge >= 0.3 is 0 Å². The van der Waals surface area contributed by atoms with E-state index < -0.39 is 0 Å². The number of hydrogen-bond acceptors (Lipinski definition) is 3. The highest BCUT2D eigenvalue weighted by molar-refractivity contribution is 6.02. The van der Waals surface area contributed by atoms with Crippen LogP contribution < -0.4 is 5.32 Å². The molecular formula is C18H18N4O. The summed E-state index contributed by atoms with van der Waals surface area (Å²) in [4.78, 5) is 12.2. The molecule has 0 spiro atoms.